The number of aryl methyl sites for hydroxylation is 1. The molecule has 0 atom stereocenters. The molecular weight excluding hydrogens is 436 g/mol. The highest BCUT2D eigenvalue weighted by atomic mass is 16.1. The van der Waals surface area contributed by atoms with Crippen molar-refractivity contribution in [3.05, 3.63) is 112 Å². The van der Waals surface area contributed by atoms with E-state index in [0.717, 1.165) is 24.1 Å². The number of benzene rings is 2. The molecule has 0 aliphatic heterocycles. The lowest BCUT2D eigenvalue weighted by atomic mass is 10.1. The molecule has 5 rings (SSSR count). The van der Waals surface area contributed by atoms with Crippen molar-refractivity contribution in [1.82, 2.24) is 20.3 Å². The molecule has 0 spiro atoms. The standard InChI is InChI=1S/C28H30N6O/c1-2-34-18-25(26(17-32-29)30-15-19-8-4-3-5-9-19)27(35)24-14-23(16-31-28(24)34)33-22-12-20-10-6-7-11-21(20)13-22/h3-11,14,16-18,22,30,32-33H,2,12-13,15,29H2,1H3/b26-17-. The van der Waals surface area contributed by atoms with Crippen molar-refractivity contribution in [3.63, 3.8) is 0 Å². The van der Waals surface area contributed by atoms with Crippen molar-refractivity contribution in [2.45, 2.75) is 38.9 Å². The predicted octanol–water partition coefficient (Wildman–Crippen LogP) is 3.55. The third kappa shape index (κ3) is 4.76. The summed E-state index contributed by atoms with van der Waals surface area (Å²) in [5.74, 6) is 5.62. The van der Waals surface area contributed by atoms with Crippen molar-refractivity contribution in [3.8, 4) is 0 Å². The Morgan fingerprint density at radius 2 is 1.83 bits per heavy atom. The summed E-state index contributed by atoms with van der Waals surface area (Å²) in [6, 6.07) is 20.8. The number of nitrogens with zero attached hydrogens (tertiary/aromatic N) is 2. The molecular formula is C28H30N6O. The average Bonchev–Trinajstić information content (AvgIpc) is 3.30. The van der Waals surface area contributed by atoms with E-state index >= 15 is 0 Å². The molecule has 0 fully saturated rings. The maximum absolute atomic E-state index is 13.7. The second-order valence-electron chi connectivity index (χ2n) is 8.84. The fourth-order valence-corrected chi connectivity index (χ4v) is 4.78. The molecule has 4 aromatic rings. The van der Waals surface area contributed by atoms with Gasteiger partial charge in [-0.3, -0.25) is 10.6 Å². The molecule has 178 valence electrons. The van der Waals surface area contributed by atoms with Crippen LogP contribution in [0.2, 0.25) is 0 Å². The van der Waals surface area contributed by atoms with Gasteiger partial charge in [-0.05, 0) is 42.5 Å². The van der Waals surface area contributed by atoms with Crippen molar-refractivity contribution in [2.75, 3.05) is 5.32 Å². The van der Waals surface area contributed by atoms with Crippen LogP contribution in [0.15, 0.2) is 84.1 Å². The second-order valence-corrected chi connectivity index (χ2v) is 8.84. The third-order valence-electron chi connectivity index (χ3n) is 6.52. The van der Waals surface area contributed by atoms with Gasteiger partial charge in [0.2, 0.25) is 0 Å². The number of fused-ring (bicyclic) bond motifs is 2. The first-order valence-electron chi connectivity index (χ1n) is 12.0. The summed E-state index contributed by atoms with van der Waals surface area (Å²) in [5.41, 5.74) is 9.06. The number of nitrogens with two attached hydrogens (primary N) is 1. The first-order valence-corrected chi connectivity index (χ1v) is 12.0. The zero-order chi connectivity index (χ0) is 24.2. The van der Waals surface area contributed by atoms with Gasteiger partial charge >= 0.3 is 0 Å². The first-order chi connectivity index (χ1) is 17.2. The normalized spacial score (nSPS) is 13.6. The molecule has 1 aliphatic carbocycles. The zero-order valence-corrected chi connectivity index (χ0v) is 19.8. The molecule has 0 bridgehead atoms. The average molecular weight is 467 g/mol. The van der Waals surface area contributed by atoms with Gasteiger partial charge in [0.25, 0.3) is 0 Å². The summed E-state index contributed by atoms with van der Waals surface area (Å²) in [6.45, 7) is 3.29. The Kier molecular flexibility index (Phi) is 6.50. The molecule has 7 heteroatoms. The highest BCUT2D eigenvalue weighted by molar-refractivity contribution is 5.82. The lowest BCUT2D eigenvalue weighted by Gasteiger charge is -2.17. The van der Waals surface area contributed by atoms with E-state index in [2.05, 4.69) is 45.3 Å². The third-order valence-corrected chi connectivity index (χ3v) is 6.52. The molecule has 2 aromatic heterocycles. The Morgan fingerprint density at radius 3 is 2.51 bits per heavy atom. The highest BCUT2D eigenvalue weighted by Gasteiger charge is 2.21. The molecule has 35 heavy (non-hydrogen) atoms. The van der Waals surface area contributed by atoms with Crippen LogP contribution in [0.5, 0.6) is 0 Å². The second kappa shape index (κ2) is 10.0. The van der Waals surface area contributed by atoms with Crippen LogP contribution in [0.3, 0.4) is 0 Å². The van der Waals surface area contributed by atoms with E-state index in [1.165, 1.54) is 11.1 Å². The molecule has 0 radical (unpaired) electrons. The van der Waals surface area contributed by atoms with E-state index < -0.39 is 0 Å². The van der Waals surface area contributed by atoms with Crippen LogP contribution >= 0.6 is 0 Å². The summed E-state index contributed by atoms with van der Waals surface area (Å²) < 4.78 is 2.00. The summed E-state index contributed by atoms with van der Waals surface area (Å²) >= 11 is 0. The molecule has 0 amide bonds. The Hall–Kier alpha value is -4.10. The van der Waals surface area contributed by atoms with Gasteiger partial charge in [-0.25, -0.2) is 4.98 Å². The molecule has 1 aliphatic rings. The van der Waals surface area contributed by atoms with E-state index in [9.17, 15) is 4.79 Å². The van der Waals surface area contributed by atoms with Crippen LogP contribution in [0, 0.1) is 0 Å². The maximum atomic E-state index is 13.7. The van der Waals surface area contributed by atoms with Gasteiger partial charge < -0.3 is 20.6 Å². The van der Waals surface area contributed by atoms with E-state index in [4.69, 9.17) is 5.84 Å². The summed E-state index contributed by atoms with van der Waals surface area (Å²) in [6.07, 6.45) is 7.22. The lowest BCUT2D eigenvalue weighted by Crippen LogP contribution is -2.25. The SMILES string of the molecule is CCn1cc(/C(=C/NN)NCc2ccccc2)c(=O)c2cc(NC3Cc4ccccc4C3)cnc21. The van der Waals surface area contributed by atoms with Gasteiger partial charge in [-0.2, -0.15) is 0 Å². The van der Waals surface area contributed by atoms with Crippen LogP contribution in [0.4, 0.5) is 5.69 Å². The van der Waals surface area contributed by atoms with Crippen LogP contribution in [-0.4, -0.2) is 15.6 Å². The van der Waals surface area contributed by atoms with Gasteiger partial charge in [0.05, 0.1) is 28.5 Å². The van der Waals surface area contributed by atoms with Gasteiger partial charge in [0.1, 0.15) is 5.65 Å². The number of hydrogen-bond acceptors (Lipinski definition) is 6. The zero-order valence-electron chi connectivity index (χ0n) is 19.8. The predicted molar refractivity (Wildman–Crippen MR) is 142 cm³/mol. The van der Waals surface area contributed by atoms with E-state index in [1.807, 2.05) is 60.3 Å². The quantitative estimate of drug-likeness (QED) is 0.234. The highest BCUT2D eigenvalue weighted by Crippen LogP contribution is 2.25. The fraction of sp³-hybridized carbons (Fsp3) is 0.214. The number of hydrazine groups is 1. The van der Waals surface area contributed by atoms with Crippen LogP contribution in [-0.2, 0) is 25.9 Å². The molecule has 2 heterocycles. The number of rotatable bonds is 8. The van der Waals surface area contributed by atoms with Gasteiger partial charge in [-0.1, -0.05) is 54.6 Å². The molecule has 7 nitrogen and oxygen atoms in total. The van der Waals surface area contributed by atoms with Crippen molar-refractivity contribution in [1.29, 1.82) is 0 Å². The monoisotopic (exact) mass is 466 g/mol. The first kappa shape index (κ1) is 22.7. The van der Waals surface area contributed by atoms with Crippen molar-refractivity contribution < 1.29 is 0 Å². The van der Waals surface area contributed by atoms with Gasteiger partial charge in [0.15, 0.2) is 5.43 Å². The fourth-order valence-electron chi connectivity index (χ4n) is 4.78. The number of nitrogens with one attached hydrogen (secondary N) is 3. The molecule has 0 unspecified atom stereocenters. The van der Waals surface area contributed by atoms with Crippen molar-refractivity contribution in [2.24, 2.45) is 5.84 Å². The van der Waals surface area contributed by atoms with E-state index in [1.54, 1.807) is 6.20 Å². The van der Waals surface area contributed by atoms with Crippen LogP contribution < -0.4 is 27.3 Å². The van der Waals surface area contributed by atoms with Gasteiger partial charge in [0, 0.05) is 31.5 Å². The Bertz CT molecular complexity index is 1400. The number of pyridine rings is 2. The summed E-state index contributed by atoms with van der Waals surface area (Å²) in [4.78, 5) is 18.3. The number of anilines is 1. The maximum Gasteiger partial charge on any atom is 0.200 e. The minimum atomic E-state index is -0.0855. The summed E-state index contributed by atoms with van der Waals surface area (Å²) in [7, 11) is 0. The Labute approximate surface area is 204 Å². The van der Waals surface area contributed by atoms with Gasteiger partial charge in [-0.15, -0.1) is 0 Å². The smallest absolute Gasteiger partial charge is 0.200 e. The minimum Gasteiger partial charge on any atom is -0.380 e. The van der Waals surface area contributed by atoms with Crippen LogP contribution in [0.1, 0.15) is 29.2 Å². The number of hydrogen-bond donors (Lipinski definition) is 4. The Morgan fingerprint density at radius 1 is 1.11 bits per heavy atom. The molecule has 5 N–H and O–H groups in total. The van der Waals surface area contributed by atoms with Crippen LogP contribution in [0.25, 0.3) is 16.7 Å². The molecule has 0 saturated carbocycles. The molecule has 0 saturated heterocycles. The van der Waals surface area contributed by atoms with E-state index in [-0.39, 0.29) is 11.5 Å². The van der Waals surface area contributed by atoms with Crippen molar-refractivity contribution >= 4 is 22.4 Å². The topological polar surface area (TPSA) is 97.0 Å². The Balaban J connectivity index is 1.47. The lowest BCUT2D eigenvalue weighted by molar-refractivity contribution is 0.766. The number of aromatic nitrogens is 2. The van der Waals surface area contributed by atoms with E-state index in [0.29, 0.717) is 35.4 Å². The molecule has 2 aromatic carbocycles. The largest absolute Gasteiger partial charge is 0.380 e. The minimum absolute atomic E-state index is 0.0855. The summed E-state index contributed by atoms with van der Waals surface area (Å²) in [5, 5.41) is 7.53.